The Balaban J connectivity index is 1.83. The minimum atomic E-state index is 0.579. The van der Waals surface area contributed by atoms with E-state index >= 15 is 0 Å². The van der Waals surface area contributed by atoms with E-state index in [-0.39, 0.29) is 0 Å². The Morgan fingerprint density at radius 2 is 1.78 bits per heavy atom. The summed E-state index contributed by atoms with van der Waals surface area (Å²) >= 11 is 0. The van der Waals surface area contributed by atoms with Gasteiger partial charge in [0.1, 0.15) is 0 Å². The van der Waals surface area contributed by atoms with Crippen LogP contribution in [0.5, 0.6) is 0 Å². The first-order valence-electron chi connectivity index (χ1n) is 4.13. The molecule has 2 fully saturated rings. The van der Waals surface area contributed by atoms with Crippen LogP contribution in [0.2, 0.25) is 0 Å². The average molecular weight is 125 g/mol. The molecule has 9 heavy (non-hydrogen) atoms. The first-order chi connectivity index (χ1) is 4.38. The maximum atomic E-state index is 5.83. The van der Waals surface area contributed by atoms with Crippen molar-refractivity contribution in [2.75, 3.05) is 0 Å². The third-order valence-corrected chi connectivity index (χ3v) is 3.14. The fourth-order valence-electron chi connectivity index (χ4n) is 2.00. The number of rotatable bonds is 1. The second kappa shape index (κ2) is 1.98. The minimum Gasteiger partial charge on any atom is -0.327 e. The summed E-state index contributed by atoms with van der Waals surface area (Å²) in [6, 6.07) is 0.579. The van der Waals surface area contributed by atoms with Crippen molar-refractivity contribution in [1.82, 2.24) is 0 Å². The maximum absolute atomic E-state index is 5.83. The summed E-state index contributed by atoms with van der Waals surface area (Å²) in [7, 11) is 0. The molecule has 0 aliphatic heterocycles. The maximum Gasteiger partial charge on any atom is 0.00699 e. The molecule has 0 spiro atoms. The van der Waals surface area contributed by atoms with E-state index in [0.29, 0.717) is 6.04 Å². The summed E-state index contributed by atoms with van der Waals surface area (Å²) in [5.74, 6) is 1.97. The van der Waals surface area contributed by atoms with Crippen LogP contribution in [0, 0.1) is 11.8 Å². The van der Waals surface area contributed by atoms with Crippen LogP contribution >= 0.6 is 0 Å². The van der Waals surface area contributed by atoms with Gasteiger partial charge in [-0.15, -0.1) is 0 Å². The molecule has 0 saturated heterocycles. The fourth-order valence-corrected chi connectivity index (χ4v) is 2.00. The van der Waals surface area contributed by atoms with Crippen molar-refractivity contribution >= 4 is 0 Å². The number of hydrogen-bond acceptors (Lipinski definition) is 1. The van der Waals surface area contributed by atoms with Gasteiger partial charge in [-0.1, -0.05) is 19.3 Å². The van der Waals surface area contributed by atoms with E-state index in [0.717, 1.165) is 11.8 Å². The number of nitrogens with two attached hydrogens (primary N) is 1. The van der Waals surface area contributed by atoms with Crippen molar-refractivity contribution in [3.8, 4) is 0 Å². The zero-order valence-corrected chi connectivity index (χ0v) is 5.84. The molecule has 0 aromatic rings. The highest BCUT2D eigenvalue weighted by Gasteiger charge is 2.36. The monoisotopic (exact) mass is 125 g/mol. The first-order valence-corrected chi connectivity index (χ1v) is 4.13. The molecule has 0 aromatic heterocycles. The molecule has 0 heterocycles. The van der Waals surface area contributed by atoms with Gasteiger partial charge in [0.2, 0.25) is 0 Å². The van der Waals surface area contributed by atoms with E-state index in [2.05, 4.69) is 0 Å². The van der Waals surface area contributed by atoms with Crippen molar-refractivity contribution in [3.05, 3.63) is 0 Å². The molecular weight excluding hydrogens is 110 g/mol. The molecule has 2 aliphatic carbocycles. The summed E-state index contributed by atoms with van der Waals surface area (Å²) < 4.78 is 0. The molecule has 1 heteroatoms. The molecule has 0 radical (unpaired) electrons. The van der Waals surface area contributed by atoms with Gasteiger partial charge < -0.3 is 5.73 Å². The topological polar surface area (TPSA) is 26.0 Å². The van der Waals surface area contributed by atoms with E-state index in [1.54, 1.807) is 0 Å². The molecule has 52 valence electrons. The Morgan fingerprint density at radius 1 is 1.00 bits per heavy atom. The summed E-state index contributed by atoms with van der Waals surface area (Å²) in [6.45, 7) is 0. The van der Waals surface area contributed by atoms with Crippen molar-refractivity contribution in [2.45, 2.75) is 38.1 Å². The highest BCUT2D eigenvalue weighted by molar-refractivity contribution is 4.91. The van der Waals surface area contributed by atoms with E-state index in [1.807, 2.05) is 0 Å². The quantitative estimate of drug-likeness (QED) is 0.565. The van der Waals surface area contributed by atoms with Gasteiger partial charge in [0.25, 0.3) is 0 Å². The third kappa shape index (κ3) is 0.787. The van der Waals surface area contributed by atoms with Crippen molar-refractivity contribution < 1.29 is 0 Å². The van der Waals surface area contributed by atoms with Gasteiger partial charge in [0.15, 0.2) is 0 Å². The molecule has 2 saturated carbocycles. The first kappa shape index (κ1) is 5.72. The Hall–Kier alpha value is -0.0400. The zero-order chi connectivity index (χ0) is 6.27. The van der Waals surface area contributed by atoms with Gasteiger partial charge in [-0.2, -0.15) is 0 Å². The lowest BCUT2D eigenvalue weighted by atomic mass is 9.64. The van der Waals surface area contributed by atoms with Crippen LogP contribution in [-0.2, 0) is 0 Å². The summed E-state index contributed by atoms with van der Waals surface area (Å²) in [4.78, 5) is 0. The van der Waals surface area contributed by atoms with Crippen LogP contribution in [0.4, 0.5) is 0 Å². The Bertz CT molecular complexity index is 107. The standard InChI is InChI=1S/C8H15N/c9-8-5-4-7(8)6-2-1-3-6/h6-8H,1-5,9H2/t7-,8+/m0/s1. The highest BCUT2D eigenvalue weighted by Crippen LogP contribution is 2.42. The molecular formula is C8H15N. The second-order valence-electron chi connectivity index (χ2n) is 3.60. The van der Waals surface area contributed by atoms with Crippen molar-refractivity contribution in [2.24, 2.45) is 17.6 Å². The zero-order valence-electron chi connectivity index (χ0n) is 5.84. The van der Waals surface area contributed by atoms with Crippen LogP contribution in [0.15, 0.2) is 0 Å². The van der Waals surface area contributed by atoms with Crippen LogP contribution < -0.4 is 5.73 Å². The van der Waals surface area contributed by atoms with Crippen LogP contribution in [-0.4, -0.2) is 6.04 Å². The lowest BCUT2D eigenvalue weighted by Gasteiger charge is -2.43. The highest BCUT2D eigenvalue weighted by atomic mass is 14.7. The Morgan fingerprint density at radius 3 is 1.89 bits per heavy atom. The lowest BCUT2D eigenvalue weighted by molar-refractivity contribution is 0.103. The van der Waals surface area contributed by atoms with Gasteiger partial charge in [-0.05, 0) is 24.7 Å². The average Bonchev–Trinajstić information content (AvgIpc) is 1.74. The van der Waals surface area contributed by atoms with E-state index in [1.165, 1.54) is 32.1 Å². The van der Waals surface area contributed by atoms with Crippen LogP contribution in [0.3, 0.4) is 0 Å². The SMILES string of the molecule is N[C@@H]1CC[C@H]1C1CCC1. The molecule has 2 N–H and O–H groups in total. The minimum absolute atomic E-state index is 0.579. The largest absolute Gasteiger partial charge is 0.327 e. The molecule has 2 aliphatic rings. The van der Waals surface area contributed by atoms with Gasteiger partial charge in [-0.3, -0.25) is 0 Å². The van der Waals surface area contributed by atoms with Crippen LogP contribution in [0.1, 0.15) is 32.1 Å². The molecule has 2 rings (SSSR count). The summed E-state index contributed by atoms with van der Waals surface area (Å²) in [6.07, 6.45) is 7.12. The predicted octanol–water partition coefficient (Wildman–Crippen LogP) is 1.52. The van der Waals surface area contributed by atoms with E-state index in [9.17, 15) is 0 Å². The van der Waals surface area contributed by atoms with E-state index < -0.39 is 0 Å². The number of hydrogen-bond donors (Lipinski definition) is 1. The summed E-state index contributed by atoms with van der Waals surface area (Å²) in [5.41, 5.74) is 5.83. The van der Waals surface area contributed by atoms with Gasteiger partial charge >= 0.3 is 0 Å². The predicted molar refractivity (Wildman–Crippen MR) is 38.0 cm³/mol. The smallest absolute Gasteiger partial charge is 0.00699 e. The lowest BCUT2D eigenvalue weighted by Crippen LogP contribution is -2.45. The Labute approximate surface area is 56.6 Å². The normalized spacial score (nSPS) is 43.7. The molecule has 1 nitrogen and oxygen atoms in total. The molecule has 0 amide bonds. The van der Waals surface area contributed by atoms with Gasteiger partial charge in [-0.25, -0.2) is 0 Å². The molecule has 0 unspecified atom stereocenters. The van der Waals surface area contributed by atoms with Gasteiger partial charge in [0, 0.05) is 6.04 Å². The summed E-state index contributed by atoms with van der Waals surface area (Å²) in [5, 5.41) is 0. The molecule has 0 aromatic carbocycles. The van der Waals surface area contributed by atoms with Crippen molar-refractivity contribution in [3.63, 3.8) is 0 Å². The molecule has 2 atom stereocenters. The second-order valence-corrected chi connectivity index (χ2v) is 3.60. The third-order valence-electron chi connectivity index (χ3n) is 3.14. The Kier molecular flexibility index (Phi) is 1.26. The van der Waals surface area contributed by atoms with Crippen molar-refractivity contribution in [1.29, 1.82) is 0 Å². The van der Waals surface area contributed by atoms with Crippen LogP contribution in [0.25, 0.3) is 0 Å². The fraction of sp³-hybridized carbons (Fsp3) is 1.00. The van der Waals surface area contributed by atoms with E-state index in [4.69, 9.17) is 5.73 Å². The van der Waals surface area contributed by atoms with Gasteiger partial charge in [0.05, 0.1) is 0 Å². The molecule has 0 bridgehead atoms.